The molecule has 0 radical (unpaired) electrons. The Morgan fingerprint density at radius 1 is 1.29 bits per heavy atom. The van der Waals surface area contributed by atoms with E-state index in [1.165, 1.54) is 12.8 Å². The summed E-state index contributed by atoms with van der Waals surface area (Å²) < 4.78 is 40.7. The van der Waals surface area contributed by atoms with Gasteiger partial charge in [0.1, 0.15) is 6.61 Å². The number of alkyl halides is 3. The van der Waals surface area contributed by atoms with Crippen molar-refractivity contribution < 1.29 is 17.9 Å². The Bertz CT molecular complexity index is 319. The van der Waals surface area contributed by atoms with Crippen LogP contribution in [-0.4, -0.2) is 56.0 Å². The van der Waals surface area contributed by atoms with Gasteiger partial charge in [-0.25, -0.2) is 0 Å². The third-order valence-corrected chi connectivity index (χ3v) is 4.45. The maximum absolute atomic E-state index is 12.0. The van der Waals surface area contributed by atoms with Gasteiger partial charge < -0.3 is 10.1 Å². The number of piperazine rings is 1. The molecule has 1 heterocycles. The Morgan fingerprint density at radius 3 is 2.57 bits per heavy atom. The highest BCUT2D eigenvalue weighted by molar-refractivity contribution is 4.95. The van der Waals surface area contributed by atoms with Gasteiger partial charge >= 0.3 is 6.18 Å². The van der Waals surface area contributed by atoms with E-state index in [0.29, 0.717) is 24.4 Å². The van der Waals surface area contributed by atoms with Crippen LogP contribution in [0.25, 0.3) is 0 Å². The lowest BCUT2D eigenvalue weighted by atomic mass is 9.97. The summed E-state index contributed by atoms with van der Waals surface area (Å²) in [5.74, 6) is 1.36. The van der Waals surface area contributed by atoms with Crippen molar-refractivity contribution >= 4 is 0 Å². The zero-order valence-electron chi connectivity index (χ0n) is 13.0. The summed E-state index contributed by atoms with van der Waals surface area (Å²) in [6.07, 6.45) is -0.928. The van der Waals surface area contributed by atoms with E-state index in [2.05, 4.69) is 24.1 Å². The Balaban J connectivity index is 1.71. The van der Waals surface area contributed by atoms with Crippen LogP contribution >= 0.6 is 0 Å². The van der Waals surface area contributed by atoms with Gasteiger partial charge in [-0.1, -0.05) is 13.8 Å². The Labute approximate surface area is 125 Å². The molecular weight excluding hydrogens is 281 g/mol. The second kappa shape index (κ2) is 7.29. The molecule has 0 spiro atoms. The minimum atomic E-state index is -4.22. The van der Waals surface area contributed by atoms with Crippen molar-refractivity contribution in [1.29, 1.82) is 0 Å². The molecule has 3 nitrogen and oxygen atoms in total. The lowest BCUT2D eigenvalue weighted by Crippen LogP contribution is -2.59. The first kappa shape index (κ1) is 17.0. The summed E-state index contributed by atoms with van der Waals surface area (Å²) in [6, 6.07) is 1.04. The van der Waals surface area contributed by atoms with Crippen LogP contribution in [0.3, 0.4) is 0 Å². The highest BCUT2D eigenvalue weighted by Crippen LogP contribution is 2.34. The minimum Gasteiger partial charge on any atom is -0.372 e. The van der Waals surface area contributed by atoms with Crippen LogP contribution in [0, 0.1) is 11.8 Å². The lowest BCUT2D eigenvalue weighted by molar-refractivity contribution is -0.174. The molecule has 1 N–H and O–H groups in total. The van der Waals surface area contributed by atoms with Gasteiger partial charge in [-0.05, 0) is 31.1 Å². The molecule has 2 aliphatic rings. The molecule has 2 fully saturated rings. The summed E-state index contributed by atoms with van der Waals surface area (Å²) >= 11 is 0. The van der Waals surface area contributed by atoms with Crippen molar-refractivity contribution in [3.05, 3.63) is 0 Å². The van der Waals surface area contributed by atoms with E-state index in [4.69, 9.17) is 4.74 Å². The first-order chi connectivity index (χ1) is 9.87. The van der Waals surface area contributed by atoms with E-state index in [0.717, 1.165) is 25.6 Å². The van der Waals surface area contributed by atoms with Crippen molar-refractivity contribution in [3.8, 4) is 0 Å². The van der Waals surface area contributed by atoms with Crippen LogP contribution in [0.4, 0.5) is 13.2 Å². The highest BCUT2D eigenvalue weighted by Gasteiger charge is 2.37. The number of rotatable bonds is 7. The third-order valence-electron chi connectivity index (χ3n) is 4.45. The molecule has 2 atom stereocenters. The molecule has 1 aliphatic heterocycles. The summed E-state index contributed by atoms with van der Waals surface area (Å²) in [7, 11) is 0. The zero-order valence-corrected chi connectivity index (χ0v) is 13.0. The zero-order chi connectivity index (χ0) is 15.5. The largest absolute Gasteiger partial charge is 0.411 e. The van der Waals surface area contributed by atoms with Gasteiger partial charge in [0.25, 0.3) is 0 Å². The number of halogens is 3. The number of hydrogen-bond donors (Lipinski definition) is 1. The van der Waals surface area contributed by atoms with Gasteiger partial charge in [0, 0.05) is 38.3 Å². The normalized spacial score (nSPS) is 28.3. The van der Waals surface area contributed by atoms with Gasteiger partial charge in [-0.15, -0.1) is 0 Å². The third kappa shape index (κ3) is 5.75. The van der Waals surface area contributed by atoms with E-state index in [-0.39, 0.29) is 6.61 Å². The van der Waals surface area contributed by atoms with Gasteiger partial charge in [0.05, 0.1) is 0 Å². The van der Waals surface area contributed by atoms with Crippen molar-refractivity contribution in [2.75, 3.05) is 32.8 Å². The van der Waals surface area contributed by atoms with Crippen LogP contribution in [0.15, 0.2) is 0 Å². The summed E-state index contributed by atoms with van der Waals surface area (Å²) in [5, 5.41) is 3.64. The molecule has 2 unspecified atom stereocenters. The van der Waals surface area contributed by atoms with Crippen molar-refractivity contribution in [1.82, 2.24) is 10.2 Å². The fourth-order valence-electron chi connectivity index (χ4n) is 3.14. The van der Waals surface area contributed by atoms with Gasteiger partial charge in [0.15, 0.2) is 0 Å². The van der Waals surface area contributed by atoms with E-state index >= 15 is 0 Å². The average Bonchev–Trinajstić information content (AvgIpc) is 3.20. The molecule has 0 bridgehead atoms. The topological polar surface area (TPSA) is 24.5 Å². The fraction of sp³-hybridized carbons (Fsp3) is 1.00. The standard InChI is InChI=1S/C15H27F3N2O/c1-11(2)14-8-19-13(12-4-5-12)9-20(14)6-3-7-21-10-15(16,17)18/h11-14,19H,3-10H2,1-2H3. The minimum absolute atomic E-state index is 0.183. The first-order valence-electron chi connectivity index (χ1n) is 7.99. The fourth-order valence-corrected chi connectivity index (χ4v) is 3.14. The van der Waals surface area contributed by atoms with Crippen molar-refractivity contribution in [2.24, 2.45) is 11.8 Å². The number of ether oxygens (including phenoxy) is 1. The van der Waals surface area contributed by atoms with Crippen LogP contribution in [-0.2, 0) is 4.74 Å². The molecule has 1 aliphatic carbocycles. The van der Waals surface area contributed by atoms with Crippen LogP contribution in [0.1, 0.15) is 33.1 Å². The number of nitrogens with zero attached hydrogens (tertiary/aromatic N) is 1. The SMILES string of the molecule is CC(C)C1CNC(C2CC2)CN1CCCOCC(F)(F)F. The van der Waals surface area contributed by atoms with Gasteiger partial charge in [-0.3, -0.25) is 4.90 Å². The van der Waals surface area contributed by atoms with E-state index in [1.54, 1.807) is 0 Å². The average molecular weight is 308 g/mol. The molecule has 0 amide bonds. The molecule has 1 saturated heterocycles. The van der Waals surface area contributed by atoms with E-state index in [1.807, 2.05) is 0 Å². The van der Waals surface area contributed by atoms with Gasteiger partial charge in [-0.2, -0.15) is 13.2 Å². The Hall–Kier alpha value is -0.330. The van der Waals surface area contributed by atoms with E-state index < -0.39 is 12.8 Å². The van der Waals surface area contributed by atoms with Crippen LogP contribution < -0.4 is 5.32 Å². The predicted octanol–water partition coefficient (Wildman–Crippen LogP) is 2.66. The smallest absolute Gasteiger partial charge is 0.372 e. The van der Waals surface area contributed by atoms with Crippen molar-refractivity contribution in [2.45, 2.75) is 51.4 Å². The molecule has 0 aromatic carbocycles. The van der Waals surface area contributed by atoms with Crippen LogP contribution in [0.5, 0.6) is 0 Å². The highest BCUT2D eigenvalue weighted by atomic mass is 19.4. The summed E-state index contributed by atoms with van der Waals surface area (Å²) in [6.45, 7) is 6.30. The van der Waals surface area contributed by atoms with Crippen LogP contribution in [0.2, 0.25) is 0 Å². The maximum Gasteiger partial charge on any atom is 0.411 e. The first-order valence-corrected chi connectivity index (χ1v) is 7.99. The molecule has 1 saturated carbocycles. The van der Waals surface area contributed by atoms with E-state index in [9.17, 15) is 13.2 Å². The summed E-state index contributed by atoms with van der Waals surface area (Å²) in [5.41, 5.74) is 0. The maximum atomic E-state index is 12.0. The predicted molar refractivity (Wildman–Crippen MR) is 76.2 cm³/mol. The van der Waals surface area contributed by atoms with Crippen molar-refractivity contribution in [3.63, 3.8) is 0 Å². The molecule has 6 heteroatoms. The van der Waals surface area contributed by atoms with Gasteiger partial charge in [0.2, 0.25) is 0 Å². The molecule has 2 rings (SSSR count). The molecule has 21 heavy (non-hydrogen) atoms. The second-order valence-electron chi connectivity index (χ2n) is 6.68. The Morgan fingerprint density at radius 2 is 2.00 bits per heavy atom. The summed E-state index contributed by atoms with van der Waals surface area (Å²) in [4.78, 5) is 2.45. The Kier molecular flexibility index (Phi) is 5.91. The molecule has 0 aromatic rings. The monoisotopic (exact) mass is 308 g/mol. The molecular formula is C15H27F3N2O. The molecule has 0 aromatic heterocycles. The number of hydrogen-bond acceptors (Lipinski definition) is 3. The second-order valence-corrected chi connectivity index (χ2v) is 6.68. The quantitative estimate of drug-likeness (QED) is 0.732. The molecule has 124 valence electrons. The number of nitrogens with one attached hydrogen (secondary N) is 1. The lowest BCUT2D eigenvalue weighted by Gasteiger charge is -2.42.